The SMILES string of the molecule is C=C1C(=O)OC2C1C(OC(=O)C(C)=CC)CC1(C)OC1C1OC1C1(CO1)C2O. The minimum atomic E-state index is -1.11. The number of carbonyl (C=O) groups excluding carboxylic acids is 2. The Kier molecular flexibility index (Phi) is 3.70. The number of hydrogen-bond acceptors (Lipinski definition) is 8. The summed E-state index contributed by atoms with van der Waals surface area (Å²) in [6, 6.07) is 0. The van der Waals surface area contributed by atoms with Gasteiger partial charge in [-0.05, 0) is 20.8 Å². The molecule has 0 radical (unpaired) electrons. The number of rotatable bonds is 2. The topological polar surface area (TPSA) is 110 Å². The summed E-state index contributed by atoms with van der Waals surface area (Å²) in [5.41, 5.74) is -0.832. The van der Waals surface area contributed by atoms with Gasteiger partial charge in [-0.15, -0.1) is 0 Å². The van der Waals surface area contributed by atoms with E-state index in [-0.39, 0.29) is 23.9 Å². The highest BCUT2D eigenvalue weighted by Gasteiger charge is 2.77. The average Bonchev–Trinajstić information content (AvgIpc) is 3.53. The van der Waals surface area contributed by atoms with Gasteiger partial charge in [0, 0.05) is 17.6 Å². The van der Waals surface area contributed by atoms with Gasteiger partial charge >= 0.3 is 11.9 Å². The van der Waals surface area contributed by atoms with Crippen molar-refractivity contribution in [2.45, 2.75) is 75.0 Å². The van der Waals surface area contributed by atoms with Gasteiger partial charge in [-0.2, -0.15) is 0 Å². The van der Waals surface area contributed by atoms with Gasteiger partial charge in [0.05, 0.1) is 18.1 Å². The van der Waals surface area contributed by atoms with Gasteiger partial charge in [0.1, 0.15) is 42.2 Å². The van der Waals surface area contributed by atoms with Crippen molar-refractivity contribution in [3.63, 3.8) is 0 Å². The summed E-state index contributed by atoms with van der Waals surface area (Å²) in [7, 11) is 0. The average molecular weight is 392 g/mol. The third-order valence-electron chi connectivity index (χ3n) is 6.82. The van der Waals surface area contributed by atoms with Crippen LogP contribution in [0.25, 0.3) is 0 Å². The van der Waals surface area contributed by atoms with Crippen LogP contribution in [0, 0.1) is 5.92 Å². The van der Waals surface area contributed by atoms with E-state index in [1.807, 2.05) is 6.92 Å². The van der Waals surface area contributed by atoms with Crippen LogP contribution in [0.4, 0.5) is 0 Å². The number of epoxide rings is 3. The third-order valence-corrected chi connectivity index (χ3v) is 6.82. The molecule has 1 spiro atoms. The van der Waals surface area contributed by atoms with E-state index in [4.69, 9.17) is 23.7 Å². The second-order valence-corrected chi connectivity index (χ2v) is 8.60. The summed E-state index contributed by atoms with van der Waals surface area (Å²) < 4.78 is 28.6. The van der Waals surface area contributed by atoms with Crippen molar-refractivity contribution in [1.29, 1.82) is 0 Å². The first-order valence-corrected chi connectivity index (χ1v) is 9.61. The monoisotopic (exact) mass is 392 g/mol. The Balaban J connectivity index is 1.53. The van der Waals surface area contributed by atoms with Crippen LogP contribution in [0.1, 0.15) is 27.2 Å². The second kappa shape index (κ2) is 5.66. The van der Waals surface area contributed by atoms with E-state index < -0.39 is 47.4 Å². The van der Waals surface area contributed by atoms with Crippen molar-refractivity contribution in [3.05, 3.63) is 23.8 Å². The van der Waals surface area contributed by atoms with E-state index >= 15 is 0 Å². The van der Waals surface area contributed by atoms with Crippen molar-refractivity contribution in [2.75, 3.05) is 6.61 Å². The quantitative estimate of drug-likeness (QED) is 0.409. The predicted octanol–water partition coefficient (Wildman–Crippen LogP) is 0.421. The minimum Gasteiger partial charge on any atom is -0.458 e. The molecule has 0 bridgehead atoms. The maximum Gasteiger partial charge on any atom is 0.334 e. The standard InChI is InChI=1S/C20H24O8/c1-5-8(2)17(22)25-10-6-19(4)15(28-19)13-16(26-13)20(7-24-20)14(21)12-11(10)9(3)18(23)27-12/h5,10-16,21H,3,6-7H2,1-2,4H3. The number of hydrogen-bond donors (Lipinski definition) is 1. The van der Waals surface area contributed by atoms with Crippen molar-refractivity contribution in [1.82, 2.24) is 0 Å². The highest BCUT2D eigenvalue weighted by atomic mass is 16.7. The molecule has 1 saturated carbocycles. The number of carbonyl (C=O) groups is 2. The molecule has 5 rings (SSSR count). The van der Waals surface area contributed by atoms with Crippen LogP contribution in [0.2, 0.25) is 0 Å². The lowest BCUT2D eigenvalue weighted by Crippen LogP contribution is -2.51. The molecule has 1 aliphatic carbocycles. The molecule has 4 aliphatic heterocycles. The summed E-state index contributed by atoms with van der Waals surface area (Å²) in [5, 5.41) is 11.1. The largest absolute Gasteiger partial charge is 0.458 e. The maximum absolute atomic E-state index is 12.5. The second-order valence-electron chi connectivity index (χ2n) is 8.60. The first-order chi connectivity index (χ1) is 13.2. The molecule has 0 aromatic heterocycles. The third kappa shape index (κ3) is 2.45. The Morgan fingerprint density at radius 3 is 2.71 bits per heavy atom. The molecule has 8 nitrogen and oxygen atoms in total. The van der Waals surface area contributed by atoms with Crippen molar-refractivity contribution in [3.8, 4) is 0 Å². The molecule has 0 amide bonds. The van der Waals surface area contributed by atoms with Gasteiger partial charge in [-0.25, -0.2) is 9.59 Å². The van der Waals surface area contributed by atoms with Crippen molar-refractivity contribution in [2.24, 2.45) is 5.92 Å². The molecule has 8 heteroatoms. The highest BCUT2D eigenvalue weighted by Crippen LogP contribution is 2.58. The molecule has 152 valence electrons. The van der Waals surface area contributed by atoms with Crippen LogP contribution >= 0.6 is 0 Å². The molecule has 28 heavy (non-hydrogen) atoms. The van der Waals surface area contributed by atoms with Gasteiger partial charge in [0.2, 0.25) is 0 Å². The molecule has 5 aliphatic rings. The van der Waals surface area contributed by atoms with Gasteiger partial charge in [-0.3, -0.25) is 0 Å². The van der Waals surface area contributed by atoms with Crippen LogP contribution in [0.5, 0.6) is 0 Å². The zero-order valence-electron chi connectivity index (χ0n) is 16.0. The van der Waals surface area contributed by atoms with E-state index in [2.05, 4.69) is 6.58 Å². The van der Waals surface area contributed by atoms with Gasteiger partial charge < -0.3 is 28.8 Å². The fraction of sp³-hybridized carbons (Fsp3) is 0.700. The van der Waals surface area contributed by atoms with Gasteiger partial charge in [-0.1, -0.05) is 12.7 Å². The zero-order valence-corrected chi connectivity index (χ0v) is 16.0. The Bertz CT molecular complexity index is 798. The molecule has 4 heterocycles. The number of esters is 2. The van der Waals surface area contributed by atoms with Gasteiger partial charge in [0.25, 0.3) is 0 Å². The summed E-state index contributed by atoms with van der Waals surface area (Å²) in [4.78, 5) is 24.8. The fourth-order valence-electron chi connectivity index (χ4n) is 4.74. The van der Waals surface area contributed by atoms with E-state index in [9.17, 15) is 14.7 Å². The highest BCUT2D eigenvalue weighted by molar-refractivity contribution is 5.91. The predicted molar refractivity (Wildman–Crippen MR) is 93.1 cm³/mol. The van der Waals surface area contributed by atoms with E-state index in [1.54, 1.807) is 19.9 Å². The van der Waals surface area contributed by atoms with Crippen molar-refractivity contribution >= 4 is 11.9 Å². The molecule has 9 unspecified atom stereocenters. The summed E-state index contributed by atoms with van der Waals surface area (Å²) in [6.07, 6.45) is -1.41. The normalized spacial score (nSPS) is 51.6. The van der Waals surface area contributed by atoms with E-state index in [0.29, 0.717) is 18.6 Å². The Morgan fingerprint density at radius 2 is 2.07 bits per heavy atom. The van der Waals surface area contributed by atoms with Gasteiger partial charge in [0.15, 0.2) is 0 Å². The first-order valence-electron chi connectivity index (χ1n) is 9.61. The Labute approximate surface area is 162 Å². The van der Waals surface area contributed by atoms with E-state index in [1.165, 1.54) is 0 Å². The van der Waals surface area contributed by atoms with E-state index in [0.717, 1.165) is 0 Å². The summed E-state index contributed by atoms with van der Waals surface area (Å²) in [6.45, 7) is 9.52. The molecule has 4 saturated heterocycles. The van der Waals surface area contributed by atoms with Crippen LogP contribution < -0.4 is 0 Å². The zero-order chi connectivity index (χ0) is 20.0. The molecule has 0 aromatic rings. The number of aliphatic hydroxyl groups is 1. The molecular formula is C20H24O8. The smallest absolute Gasteiger partial charge is 0.334 e. The summed E-state index contributed by atoms with van der Waals surface area (Å²) in [5.74, 6) is -1.77. The van der Waals surface area contributed by atoms with Crippen LogP contribution in [-0.2, 0) is 33.3 Å². The first kappa shape index (κ1) is 18.3. The lowest BCUT2D eigenvalue weighted by molar-refractivity contribution is -0.155. The Morgan fingerprint density at radius 1 is 1.36 bits per heavy atom. The number of fused-ring (bicyclic) bond motifs is 5. The maximum atomic E-state index is 12.5. The molecule has 5 fully saturated rings. The number of allylic oxidation sites excluding steroid dienone is 1. The van der Waals surface area contributed by atoms with Crippen LogP contribution in [0.15, 0.2) is 23.8 Å². The molecular weight excluding hydrogens is 368 g/mol. The molecule has 9 atom stereocenters. The molecule has 1 N–H and O–H groups in total. The number of ether oxygens (including phenoxy) is 5. The summed E-state index contributed by atoms with van der Waals surface area (Å²) >= 11 is 0. The van der Waals surface area contributed by atoms with Crippen molar-refractivity contribution < 1.29 is 38.4 Å². The number of aliphatic hydroxyl groups excluding tert-OH is 1. The Hall–Kier alpha value is -1.74. The fourth-order valence-corrected chi connectivity index (χ4v) is 4.74. The lowest BCUT2D eigenvalue weighted by Gasteiger charge is -2.32. The van der Waals surface area contributed by atoms with Crippen LogP contribution in [0.3, 0.4) is 0 Å². The minimum absolute atomic E-state index is 0.169. The lowest BCUT2D eigenvalue weighted by atomic mass is 9.77. The molecule has 0 aromatic carbocycles. The van der Waals surface area contributed by atoms with Crippen LogP contribution in [-0.4, -0.2) is 71.5 Å².